The highest BCUT2D eigenvalue weighted by molar-refractivity contribution is 6.36. The lowest BCUT2D eigenvalue weighted by Crippen LogP contribution is -2.44. The second-order valence-corrected chi connectivity index (χ2v) is 11.9. The summed E-state index contributed by atoms with van der Waals surface area (Å²) in [6.07, 6.45) is 9.69. The molecule has 37 heavy (non-hydrogen) atoms. The van der Waals surface area contributed by atoms with Crippen LogP contribution in [0.4, 0.5) is 11.5 Å². The predicted octanol–water partition coefficient (Wildman–Crippen LogP) is 5.84. The van der Waals surface area contributed by atoms with E-state index in [1.165, 1.54) is 74.7 Å². The van der Waals surface area contributed by atoms with E-state index >= 15 is 0 Å². The van der Waals surface area contributed by atoms with E-state index in [4.69, 9.17) is 26.3 Å². The van der Waals surface area contributed by atoms with Crippen molar-refractivity contribution in [1.82, 2.24) is 14.9 Å². The molecule has 7 heteroatoms. The Morgan fingerprint density at radius 3 is 2.57 bits per heavy atom. The van der Waals surface area contributed by atoms with Crippen LogP contribution in [0, 0.1) is 0 Å². The average Bonchev–Trinajstić information content (AvgIpc) is 3.46. The van der Waals surface area contributed by atoms with E-state index in [0.29, 0.717) is 18.7 Å². The SMILES string of the molecule is CN(c1nc(OCC23CCCN2CCC3)nc2c1CCN(c1cccc3cccc(Cl)c13)C2)C1CCC1. The normalized spacial score (nSPS) is 21.1. The molecular formula is C30H36ClN5O. The van der Waals surface area contributed by atoms with Gasteiger partial charge in [-0.15, -0.1) is 0 Å². The van der Waals surface area contributed by atoms with Gasteiger partial charge in [-0.05, 0) is 82.0 Å². The molecule has 6 nitrogen and oxygen atoms in total. The fourth-order valence-corrected chi connectivity index (χ4v) is 7.38. The van der Waals surface area contributed by atoms with Gasteiger partial charge in [0, 0.05) is 36.3 Å². The number of nitrogens with zero attached hydrogens (tertiary/aromatic N) is 5. The van der Waals surface area contributed by atoms with Crippen LogP contribution in [0.15, 0.2) is 36.4 Å². The van der Waals surface area contributed by atoms with Crippen molar-refractivity contribution in [3.63, 3.8) is 0 Å². The first-order valence-electron chi connectivity index (χ1n) is 14.0. The molecule has 3 aromatic rings. The summed E-state index contributed by atoms with van der Waals surface area (Å²) in [6, 6.07) is 13.7. The molecule has 3 fully saturated rings. The second-order valence-electron chi connectivity index (χ2n) is 11.4. The lowest BCUT2D eigenvalue weighted by molar-refractivity contribution is 0.107. The van der Waals surface area contributed by atoms with Crippen molar-refractivity contribution >= 4 is 33.9 Å². The van der Waals surface area contributed by atoms with Crippen LogP contribution in [0.5, 0.6) is 6.01 Å². The van der Waals surface area contributed by atoms with Crippen LogP contribution in [-0.4, -0.2) is 59.7 Å². The summed E-state index contributed by atoms with van der Waals surface area (Å²) in [5, 5.41) is 3.09. The molecule has 7 rings (SSSR count). The molecule has 0 unspecified atom stereocenters. The molecule has 4 heterocycles. The van der Waals surface area contributed by atoms with Gasteiger partial charge in [-0.2, -0.15) is 9.97 Å². The molecule has 1 aliphatic carbocycles. The van der Waals surface area contributed by atoms with Crippen LogP contribution >= 0.6 is 11.6 Å². The number of aromatic nitrogens is 2. The Labute approximate surface area is 224 Å². The van der Waals surface area contributed by atoms with E-state index in [1.54, 1.807) is 0 Å². The zero-order valence-corrected chi connectivity index (χ0v) is 22.5. The van der Waals surface area contributed by atoms with Gasteiger partial charge in [0.05, 0.1) is 22.8 Å². The topological polar surface area (TPSA) is 44.7 Å². The summed E-state index contributed by atoms with van der Waals surface area (Å²) in [4.78, 5) is 17.6. The lowest BCUT2D eigenvalue weighted by Gasteiger charge is -2.39. The van der Waals surface area contributed by atoms with Gasteiger partial charge in [-0.3, -0.25) is 4.90 Å². The van der Waals surface area contributed by atoms with Gasteiger partial charge in [0.15, 0.2) is 0 Å². The monoisotopic (exact) mass is 517 g/mol. The Hall–Kier alpha value is -2.57. The quantitative estimate of drug-likeness (QED) is 0.409. The first kappa shape index (κ1) is 23.5. The Morgan fingerprint density at radius 2 is 1.81 bits per heavy atom. The number of hydrogen-bond donors (Lipinski definition) is 0. The molecule has 0 N–H and O–H groups in total. The van der Waals surface area contributed by atoms with Gasteiger partial charge in [-0.25, -0.2) is 0 Å². The third-order valence-corrected chi connectivity index (χ3v) is 9.75. The molecule has 4 aliphatic rings. The lowest BCUT2D eigenvalue weighted by atomic mass is 9.91. The minimum atomic E-state index is 0.186. The van der Waals surface area contributed by atoms with Crippen molar-refractivity contribution in [3.8, 4) is 6.01 Å². The number of benzene rings is 2. The van der Waals surface area contributed by atoms with Crippen LogP contribution in [0.25, 0.3) is 10.8 Å². The third kappa shape index (κ3) is 4.04. The zero-order valence-electron chi connectivity index (χ0n) is 21.8. The van der Waals surface area contributed by atoms with E-state index in [0.717, 1.165) is 41.4 Å². The maximum atomic E-state index is 6.70. The number of ether oxygens (including phenoxy) is 1. The first-order chi connectivity index (χ1) is 18.1. The smallest absolute Gasteiger partial charge is 0.318 e. The second kappa shape index (κ2) is 9.32. The highest BCUT2D eigenvalue weighted by atomic mass is 35.5. The highest BCUT2D eigenvalue weighted by Gasteiger charge is 2.45. The summed E-state index contributed by atoms with van der Waals surface area (Å²) in [7, 11) is 2.21. The summed E-state index contributed by atoms with van der Waals surface area (Å²) >= 11 is 6.70. The molecule has 1 saturated carbocycles. The number of fused-ring (bicyclic) bond motifs is 3. The minimum Gasteiger partial charge on any atom is -0.461 e. The third-order valence-electron chi connectivity index (χ3n) is 9.43. The van der Waals surface area contributed by atoms with Crippen LogP contribution in [0.1, 0.15) is 56.2 Å². The van der Waals surface area contributed by atoms with Gasteiger partial charge in [0.2, 0.25) is 0 Å². The Bertz CT molecular complexity index is 1310. The average molecular weight is 518 g/mol. The molecule has 0 spiro atoms. The standard InChI is InChI=1S/C30H36ClN5O/c1-34(22-9-4-10-22)28-23-13-18-35(26-12-3-8-21-7-2-11-24(31)27(21)26)19-25(23)32-29(33-28)37-20-30-14-5-16-36(30)17-6-15-30/h2-3,7-8,11-12,22H,4-6,9-10,13-20H2,1H3. The first-order valence-corrected chi connectivity index (χ1v) is 14.4. The molecule has 0 amide bonds. The molecule has 2 aromatic carbocycles. The van der Waals surface area contributed by atoms with E-state index < -0.39 is 0 Å². The highest BCUT2D eigenvalue weighted by Crippen LogP contribution is 2.40. The van der Waals surface area contributed by atoms with Crippen LogP contribution in [0.3, 0.4) is 0 Å². The fourth-order valence-electron chi connectivity index (χ4n) is 7.10. The molecule has 3 aliphatic heterocycles. The van der Waals surface area contributed by atoms with Gasteiger partial charge >= 0.3 is 6.01 Å². The van der Waals surface area contributed by atoms with Crippen LogP contribution in [-0.2, 0) is 13.0 Å². The zero-order chi connectivity index (χ0) is 25.0. The Kier molecular flexibility index (Phi) is 5.93. The van der Waals surface area contributed by atoms with Crippen molar-refractivity contribution in [2.24, 2.45) is 0 Å². The molecule has 0 atom stereocenters. The summed E-state index contributed by atoms with van der Waals surface area (Å²) in [5.41, 5.74) is 3.74. The number of anilines is 2. The van der Waals surface area contributed by atoms with E-state index in [9.17, 15) is 0 Å². The van der Waals surface area contributed by atoms with E-state index in [1.807, 2.05) is 12.1 Å². The summed E-state index contributed by atoms with van der Waals surface area (Å²) in [5.74, 6) is 1.08. The van der Waals surface area contributed by atoms with Gasteiger partial charge in [-0.1, -0.05) is 35.9 Å². The van der Waals surface area contributed by atoms with Gasteiger partial charge in [0.1, 0.15) is 12.4 Å². The Morgan fingerprint density at radius 1 is 1.03 bits per heavy atom. The molecular weight excluding hydrogens is 482 g/mol. The number of hydrogen-bond acceptors (Lipinski definition) is 6. The predicted molar refractivity (Wildman–Crippen MR) is 150 cm³/mol. The molecule has 0 bridgehead atoms. The maximum absolute atomic E-state index is 6.70. The number of halogens is 1. The molecule has 1 aromatic heterocycles. The van der Waals surface area contributed by atoms with Crippen molar-refractivity contribution in [3.05, 3.63) is 52.7 Å². The fraction of sp³-hybridized carbons (Fsp3) is 0.533. The van der Waals surface area contributed by atoms with Crippen molar-refractivity contribution in [1.29, 1.82) is 0 Å². The molecule has 194 valence electrons. The summed E-state index contributed by atoms with van der Waals surface area (Å²) in [6.45, 7) is 4.76. The van der Waals surface area contributed by atoms with Crippen molar-refractivity contribution < 1.29 is 4.74 Å². The van der Waals surface area contributed by atoms with Gasteiger partial charge in [0.25, 0.3) is 0 Å². The van der Waals surface area contributed by atoms with Crippen LogP contribution in [0.2, 0.25) is 5.02 Å². The van der Waals surface area contributed by atoms with Gasteiger partial charge < -0.3 is 14.5 Å². The molecule has 0 radical (unpaired) electrons. The summed E-state index contributed by atoms with van der Waals surface area (Å²) < 4.78 is 6.48. The van der Waals surface area contributed by atoms with Crippen molar-refractivity contribution in [2.45, 2.75) is 69.5 Å². The minimum absolute atomic E-state index is 0.186. The van der Waals surface area contributed by atoms with Crippen molar-refractivity contribution in [2.75, 3.05) is 43.1 Å². The molecule has 2 saturated heterocycles. The largest absolute Gasteiger partial charge is 0.461 e. The van der Waals surface area contributed by atoms with Crippen LogP contribution < -0.4 is 14.5 Å². The van der Waals surface area contributed by atoms with E-state index in [-0.39, 0.29) is 5.54 Å². The van der Waals surface area contributed by atoms with E-state index in [2.05, 4.69) is 46.0 Å². The number of rotatable bonds is 6. The Balaban J connectivity index is 1.23. The maximum Gasteiger partial charge on any atom is 0.318 e.